The van der Waals surface area contributed by atoms with Crippen LogP contribution in [0.1, 0.15) is 12.6 Å². The molecule has 8 heteroatoms. The Bertz CT molecular complexity index is 547. The van der Waals surface area contributed by atoms with Crippen molar-refractivity contribution < 1.29 is 4.92 Å². The molecule has 0 saturated carbocycles. The zero-order valence-corrected chi connectivity index (χ0v) is 9.83. The van der Waals surface area contributed by atoms with Crippen molar-refractivity contribution in [2.45, 2.75) is 20.0 Å². The lowest BCUT2D eigenvalue weighted by Gasteiger charge is -2.02. The van der Waals surface area contributed by atoms with Crippen LogP contribution in [0.25, 0.3) is 0 Å². The topological polar surface area (TPSA) is 78.8 Å². The normalized spacial score (nSPS) is 10.7. The minimum absolute atomic E-state index is 0.0394. The number of hydrogen-bond donors (Lipinski definition) is 0. The highest BCUT2D eigenvalue weighted by molar-refractivity contribution is 6.32. The lowest BCUT2D eigenvalue weighted by atomic mass is 10.4. The Balaban J connectivity index is 2.25. The van der Waals surface area contributed by atoms with Crippen LogP contribution in [0.15, 0.2) is 18.7 Å². The van der Waals surface area contributed by atoms with Gasteiger partial charge in [-0.15, -0.1) is 0 Å². The molecule has 0 spiro atoms. The van der Waals surface area contributed by atoms with E-state index in [4.69, 9.17) is 11.6 Å². The van der Waals surface area contributed by atoms with Crippen molar-refractivity contribution in [2.75, 3.05) is 0 Å². The van der Waals surface area contributed by atoms with E-state index in [0.29, 0.717) is 6.54 Å². The first-order valence-corrected chi connectivity index (χ1v) is 5.36. The molecule has 0 fully saturated rings. The summed E-state index contributed by atoms with van der Waals surface area (Å²) in [6.07, 6.45) is 4.84. The monoisotopic (exact) mass is 255 g/mol. The molecule has 0 unspecified atom stereocenters. The molecule has 0 aromatic carbocycles. The number of imidazole rings is 1. The average Bonchev–Trinajstić information content (AvgIpc) is 2.85. The molecule has 0 atom stereocenters. The molecule has 7 nitrogen and oxygen atoms in total. The van der Waals surface area contributed by atoms with Crippen LogP contribution < -0.4 is 0 Å². The van der Waals surface area contributed by atoms with Gasteiger partial charge in [0.05, 0.1) is 29.5 Å². The number of aryl methyl sites for hydroxylation is 1. The van der Waals surface area contributed by atoms with Crippen molar-refractivity contribution in [1.82, 2.24) is 19.3 Å². The lowest BCUT2D eigenvalue weighted by Crippen LogP contribution is -2.06. The van der Waals surface area contributed by atoms with Crippen LogP contribution in [-0.4, -0.2) is 24.3 Å². The molecular formula is C9H10ClN5O2. The van der Waals surface area contributed by atoms with Crippen LogP contribution in [-0.2, 0) is 13.1 Å². The molecule has 0 aliphatic carbocycles. The molecule has 0 saturated heterocycles. The molecule has 0 N–H and O–H groups in total. The molecule has 0 aliphatic heterocycles. The van der Waals surface area contributed by atoms with Gasteiger partial charge in [-0.05, 0) is 11.8 Å². The van der Waals surface area contributed by atoms with Crippen molar-refractivity contribution in [1.29, 1.82) is 0 Å². The van der Waals surface area contributed by atoms with E-state index in [1.54, 1.807) is 12.5 Å². The maximum Gasteiger partial charge on any atom is 0.408 e. The molecule has 0 amide bonds. The second-order valence-corrected chi connectivity index (χ2v) is 3.83. The van der Waals surface area contributed by atoms with Crippen LogP contribution in [0.5, 0.6) is 0 Å². The Morgan fingerprint density at radius 2 is 2.35 bits per heavy atom. The zero-order valence-electron chi connectivity index (χ0n) is 9.08. The summed E-state index contributed by atoms with van der Waals surface area (Å²) in [6.45, 7) is 3.18. The summed E-state index contributed by atoms with van der Waals surface area (Å²) in [7, 11) is 0. The fourth-order valence-corrected chi connectivity index (χ4v) is 1.74. The van der Waals surface area contributed by atoms with E-state index in [2.05, 4.69) is 10.1 Å². The Kier molecular flexibility index (Phi) is 3.10. The molecule has 0 radical (unpaired) electrons. The van der Waals surface area contributed by atoms with E-state index in [9.17, 15) is 10.1 Å². The maximum atomic E-state index is 10.6. The van der Waals surface area contributed by atoms with Gasteiger partial charge >= 0.3 is 5.82 Å². The van der Waals surface area contributed by atoms with Gasteiger partial charge in [-0.1, -0.05) is 11.6 Å². The third kappa shape index (κ3) is 2.28. The summed E-state index contributed by atoms with van der Waals surface area (Å²) in [4.78, 5) is 14.0. The predicted octanol–water partition coefficient (Wildman–Crippen LogP) is 1.71. The minimum Gasteiger partial charge on any atom is -0.358 e. The van der Waals surface area contributed by atoms with E-state index in [1.807, 2.05) is 11.5 Å². The molecule has 2 aromatic rings. The van der Waals surface area contributed by atoms with Gasteiger partial charge in [-0.25, -0.2) is 4.98 Å². The number of nitro groups is 1. The van der Waals surface area contributed by atoms with Crippen molar-refractivity contribution in [3.05, 3.63) is 39.6 Å². The van der Waals surface area contributed by atoms with Gasteiger partial charge in [0.15, 0.2) is 5.02 Å². The third-order valence-electron chi connectivity index (χ3n) is 2.34. The molecule has 17 heavy (non-hydrogen) atoms. The number of rotatable bonds is 4. The molecule has 0 aliphatic rings. The van der Waals surface area contributed by atoms with Crippen LogP contribution in [0, 0.1) is 10.1 Å². The average molecular weight is 256 g/mol. The Labute approximate surface area is 102 Å². The molecule has 90 valence electrons. The number of nitrogens with zero attached hydrogens (tertiary/aromatic N) is 5. The van der Waals surface area contributed by atoms with Crippen LogP contribution in [0.3, 0.4) is 0 Å². The SMILES string of the molecule is CCn1cncc1Cn1cc(Cl)c([N+](=O)[O-])n1. The van der Waals surface area contributed by atoms with Crippen molar-refractivity contribution in [3.63, 3.8) is 0 Å². The first-order chi connectivity index (χ1) is 8.11. The molecule has 2 heterocycles. The van der Waals surface area contributed by atoms with E-state index < -0.39 is 4.92 Å². The highest BCUT2D eigenvalue weighted by Crippen LogP contribution is 2.21. The zero-order chi connectivity index (χ0) is 12.4. The standard InChI is InChI=1S/C9H10ClN5O2/c1-2-13-6-11-3-7(13)4-14-5-8(10)9(12-14)15(16)17/h3,5-6H,2,4H2,1H3. The number of hydrogen-bond acceptors (Lipinski definition) is 4. The molecule has 2 rings (SSSR count). The molecular weight excluding hydrogens is 246 g/mol. The minimum atomic E-state index is -0.601. The van der Waals surface area contributed by atoms with Gasteiger partial charge in [-0.3, -0.25) is 0 Å². The van der Waals surface area contributed by atoms with Gasteiger partial charge in [0.2, 0.25) is 0 Å². The third-order valence-corrected chi connectivity index (χ3v) is 2.60. The highest BCUT2D eigenvalue weighted by atomic mass is 35.5. The van der Waals surface area contributed by atoms with Crippen LogP contribution in [0.4, 0.5) is 5.82 Å². The number of aromatic nitrogens is 4. The molecule has 2 aromatic heterocycles. The van der Waals surface area contributed by atoms with Gasteiger partial charge in [0.1, 0.15) is 6.54 Å². The van der Waals surface area contributed by atoms with Crippen molar-refractivity contribution >= 4 is 17.4 Å². The van der Waals surface area contributed by atoms with E-state index >= 15 is 0 Å². The Hall–Kier alpha value is -1.89. The summed E-state index contributed by atoms with van der Waals surface area (Å²) in [5.74, 6) is -0.325. The largest absolute Gasteiger partial charge is 0.408 e. The van der Waals surface area contributed by atoms with Crippen molar-refractivity contribution in [2.24, 2.45) is 0 Å². The predicted molar refractivity (Wildman–Crippen MR) is 60.9 cm³/mol. The smallest absolute Gasteiger partial charge is 0.358 e. The van der Waals surface area contributed by atoms with Crippen molar-refractivity contribution in [3.8, 4) is 0 Å². The first-order valence-electron chi connectivity index (χ1n) is 4.98. The van der Waals surface area contributed by atoms with Gasteiger partial charge in [0, 0.05) is 6.54 Å². The van der Waals surface area contributed by atoms with Crippen LogP contribution in [0.2, 0.25) is 5.02 Å². The Morgan fingerprint density at radius 1 is 1.59 bits per heavy atom. The summed E-state index contributed by atoms with van der Waals surface area (Å²) in [5.41, 5.74) is 0.918. The highest BCUT2D eigenvalue weighted by Gasteiger charge is 2.19. The van der Waals surface area contributed by atoms with Crippen LogP contribution >= 0.6 is 11.6 Å². The summed E-state index contributed by atoms with van der Waals surface area (Å²) < 4.78 is 3.37. The van der Waals surface area contributed by atoms with Gasteiger partial charge < -0.3 is 14.7 Å². The second kappa shape index (κ2) is 4.54. The fraction of sp³-hybridized carbons (Fsp3) is 0.333. The van der Waals surface area contributed by atoms with E-state index in [-0.39, 0.29) is 10.8 Å². The summed E-state index contributed by atoms with van der Waals surface area (Å²) in [5, 5.41) is 14.4. The maximum absolute atomic E-state index is 10.6. The summed E-state index contributed by atoms with van der Waals surface area (Å²) in [6, 6.07) is 0. The quantitative estimate of drug-likeness (QED) is 0.615. The lowest BCUT2D eigenvalue weighted by molar-refractivity contribution is -0.389. The first kappa shape index (κ1) is 11.6. The van der Waals surface area contributed by atoms with Gasteiger partial charge in [-0.2, -0.15) is 4.68 Å². The number of halogens is 1. The molecule has 0 bridgehead atoms. The van der Waals surface area contributed by atoms with Gasteiger partial charge in [0.25, 0.3) is 0 Å². The van der Waals surface area contributed by atoms with E-state index in [1.165, 1.54) is 10.9 Å². The second-order valence-electron chi connectivity index (χ2n) is 3.43. The van der Waals surface area contributed by atoms with E-state index in [0.717, 1.165) is 12.2 Å². The summed E-state index contributed by atoms with van der Waals surface area (Å²) >= 11 is 5.71. The fourth-order valence-electron chi connectivity index (χ4n) is 1.52. The Morgan fingerprint density at radius 3 is 2.94 bits per heavy atom.